The second-order valence-corrected chi connectivity index (χ2v) is 6.46. The number of carbonyl (C=O) groups is 1. The van der Waals surface area contributed by atoms with Crippen molar-refractivity contribution in [3.8, 4) is 23.1 Å². The largest absolute Gasteiger partial charge is 0.463 e. The van der Waals surface area contributed by atoms with Gasteiger partial charge in [0.15, 0.2) is 5.82 Å². The van der Waals surface area contributed by atoms with Crippen molar-refractivity contribution < 1.29 is 9.53 Å². The van der Waals surface area contributed by atoms with Crippen LogP contribution in [-0.4, -0.2) is 27.3 Å². The molecule has 3 rings (SSSR count). The Hall–Kier alpha value is -2.57. The molecule has 0 fully saturated rings. The number of rotatable bonds is 6. The minimum absolute atomic E-state index is 0.0644. The van der Waals surface area contributed by atoms with Crippen LogP contribution in [0.5, 0.6) is 6.01 Å². The lowest BCUT2D eigenvalue weighted by atomic mass is 10.2. The molecule has 0 bridgehead atoms. The molecule has 0 aliphatic carbocycles. The Balaban J connectivity index is 2.07. The monoisotopic (exact) mass is 404 g/mol. The van der Waals surface area contributed by atoms with Crippen LogP contribution in [0.25, 0.3) is 17.1 Å². The van der Waals surface area contributed by atoms with Gasteiger partial charge in [-0.2, -0.15) is 4.98 Å². The first-order valence-electron chi connectivity index (χ1n) is 8.47. The van der Waals surface area contributed by atoms with Crippen LogP contribution in [0.4, 0.5) is 5.69 Å². The summed E-state index contributed by atoms with van der Waals surface area (Å²) < 4.78 is 7.11. The lowest BCUT2D eigenvalue weighted by molar-refractivity contribution is -0.115. The maximum absolute atomic E-state index is 11.7. The lowest BCUT2D eigenvalue weighted by Crippen LogP contribution is -2.10. The molecule has 1 heterocycles. The van der Waals surface area contributed by atoms with Crippen LogP contribution in [-0.2, 0) is 4.79 Å². The van der Waals surface area contributed by atoms with Gasteiger partial charge in [-0.15, -0.1) is 5.10 Å². The van der Waals surface area contributed by atoms with Gasteiger partial charge in [0.05, 0.1) is 22.3 Å². The first-order valence-corrected chi connectivity index (χ1v) is 9.23. The number of amides is 1. The van der Waals surface area contributed by atoms with Gasteiger partial charge < -0.3 is 10.1 Å². The zero-order chi connectivity index (χ0) is 19.4. The number of nitrogens with zero attached hydrogens (tertiary/aromatic N) is 3. The molecule has 0 aliphatic rings. The maximum atomic E-state index is 11.7. The van der Waals surface area contributed by atoms with Crippen LogP contribution >= 0.6 is 23.2 Å². The van der Waals surface area contributed by atoms with E-state index >= 15 is 0 Å². The number of anilines is 1. The summed E-state index contributed by atoms with van der Waals surface area (Å²) in [5.41, 5.74) is 2.14. The van der Waals surface area contributed by atoms with Crippen molar-refractivity contribution in [3.05, 3.63) is 52.5 Å². The topological polar surface area (TPSA) is 69.0 Å². The third-order valence-corrected chi connectivity index (χ3v) is 4.47. The minimum atomic E-state index is -0.0644. The molecular formula is C19H18Cl2N4O2. The highest BCUT2D eigenvalue weighted by molar-refractivity contribution is 6.42. The van der Waals surface area contributed by atoms with E-state index in [1.165, 1.54) is 0 Å². The summed E-state index contributed by atoms with van der Waals surface area (Å²) in [7, 11) is 0. The highest BCUT2D eigenvalue weighted by Crippen LogP contribution is 2.30. The average molecular weight is 405 g/mol. The molecule has 0 spiro atoms. The molecule has 8 heteroatoms. The number of halogens is 2. The molecule has 0 saturated carbocycles. The summed E-state index contributed by atoms with van der Waals surface area (Å²) in [5, 5.41) is 8.15. The van der Waals surface area contributed by atoms with E-state index in [4.69, 9.17) is 27.9 Å². The highest BCUT2D eigenvalue weighted by atomic mass is 35.5. The van der Waals surface area contributed by atoms with Crippen molar-refractivity contribution in [2.24, 2.45) is 0 Å². The Morgan fingerprint density at radius 3 is 2.67 bits per heavy atom. The van der Waals surface area contributed by atoms with Crippen LogP contribution < -0.4 is 10.1 Å². The fourth-order valence-electron chi connectivity index (χ4n) is 2.45. The molecule has 2 aromatic carbocycles. The third kappa shape index (κ3) is 4.40. The van der Waals surface area contributed by atoms with E-state index in [9.17, 15) is 4.79 Å². The van der Waals surface area contributed by atoms with Gasteiger partial charge in [-0.25, -0.2) is 4.68 Å². The van der Waals surface area contributed by atoms with Gasteiger partial charge in [-0.3, -0.25) is 4.79 Å². The van der Waals surface area contributed by atoms with E-state index in [1.807, 2.05) is 37.3 Å². The fourth-order valence-corrected chi connectivity index (χ4v) is 2.75. The summed E-state index contributed by atoms with van der Waals surface area (Å²) >= 11 is 12.2. The molecule has 6 nitrogen and oxygen atoms in total. The molecule has 3 aromatic rings. The molecule has 140 valence electrons. The maximum Gasteiger partial charge on any atom is 0.336 e. The molecule has 1 amide bonds. The smallest absolute Gasteiger partial charge is 0.336 e. The van der Waals surface area contributed by atoms with Crippen molar-refractivity contribution >= 4 is 34.8 Å². The second kappa shape index (κ2) is 8.41. The van der Waals surface area contributed by atoms with Crippen molar-refractivity contribution in [3.63, 3.8) is 0 Å². The van der Waals surface area contributed by atoms with E-state index in [0.717, 1.165) is 11.3 Å². The Kier molecular flexibility index (Phi) is 5.98. The standard InChI is InChI=1S/C19H18Cl2N4O2/c1-3-17(26)22-13-6-5-7-14(11-13)25-18(23-19(24-25)27-4-2)12-8-9-15(20)16(21)10-12/h5-11H,3-4H2,1-2H3,(H,22,26). The Morgan fingerprint density at radius 1 is 1.15 bits per heavy atom. The predicted molar refractivity (Wildman–Crippen MR) is 107 cm³/mol. The molecule has 1 N–H and O–H groups in total. The summed E-state index contributed by atoms with van der Waals surface area (Å²) in [6.07, 6.45) is 0.399. The average Bonchev–Trinajstić information content (AvgIpc) is 3.08. The molecule has 0 unspecified atom stereocenters. The molecular weight excluding hydrogens is 387 g/mol. The molecule has 0 atom stereocenters. The van der Waals surface area contributed by atoms with Crippen molar-refractivity contribution in [2.75, 3.05) is 11.9 Å². The van der Waals surface area contributed by atoms with Gasteiger partial charge in [0.1, 0.15) is 0 Å². The first-order chi connectivity index (χ1) is 13.0. The number of ether oxygens (including phenoxy) is 1. The quantitative estimate of drug-likeness (QED) is 0.628. The first kappa shape index (κ1) is 19.2. The molecule has 0 radical (unpaired) electrons. The second-order valence-electron chi connectivity index (χ2n) is 5.64. The Morgan fingerprint density at radius 2 is 1.96 bits per heavy atom. The molecule has 1 aromatic heterocycles. The van der Waals surface area contributed by atoms with Crippen molar-refractivity contribution in [1.29, 1.82) is 0 Å². The molecule has 0 saturated heterocycles. The zero-order valence-electron chi connectivity index (χ0n) is 14.9. The summed E-state index contributed by atoms with van der Waals surface area (Å²) in [4.78, 5) is 16.1. The molecule has 27 heavy (non-hydrogen) atoms. The van der Waals surface area contributed by atoms with Crippen LogP contribution in [0.15, 0.2) is 42.5 Å². The number of nitrogens with one attached hydrogen (secondary N) is 1. The van der Waals surface area contributed by atoms with Crippen LogP contribution in [0.1, 0.15) is 20.3 Å². The fraction of sp³-hybridized carbons (Fsp3) is 0.211. The zero-order valence-corrected chi connectivity index (χ0v) is 16.4. The number of hydrogen-bond donors (Lipinski definition) is 1. The highest BCUT2D eigenvalue weighted by Gasteiger charge is 2.16. The van der Waals surface area contributed by atoms with Crippen LogP contribution in [0, 0.1) is 0 Å². The van der Waals surface area contributed by atoms with E-state index < -0.39 is 0 Å². The van der Waals surface area contributed by atoms with E-state index in [0.29, 0.717) is 34.6 Å². The van der Waals surface area contributed by atoms with E-state index in [1.54, 1.807) is 23.7 Å². The summed E-state index contributed by atoms with van der Waals surface area (Å²) in [6.45, 7) is 4.10. The lowest BCUT2D eigenvalue weighted by Gasteiger charge is -2.09. The Labute approximate surface area is 167 Å². The van der Waals surface area contributed by atoms with Gasteiger partial charge in [0.25, 0.3) is 0 Å². The van der Waals surface area contributed by atoms with Gasteiger partial charge >= 0.3 is 6.01 Å². The molecule has 0 aliphatic heterocycles. The Bertz CT molecular complexity index is 972. The van der Waals surface area contributed by atoms with Gasteiger partial charge in [-0.05, 0) is 43.3 Å². The van der Waals surface area contributed by atoms with Gasteiger partial charge in [-0.1, -0.05) is 36.2 Å². The number of benzene rings is 2. The van der Waals surface area contributed by atoms with Crippen LogP contribution in [0.3, 0.4) is 0 Å². The van der Waals surface area contributed by atoms with Crippen molar-refractivity contribution in [2.45, 2.75) is 20.3 Å². The normalized spacial score (nSPS) is 10.7. The van der Waals surface area contributed by atoms with Crippen LogP contribution in [0.2, 0.25) is 10.0 Å². The van der Waals surface area contributed by atoms with E-state index in [-0.39, 0.29) is 11.9 Å². The van der Waals surface area contributed by atoms with Gasteiger partial charge in [0, 0.05) is 17.7 Å². The summed E-state index contributed by atoms with van der Waals surface area (Å²) in [6, 6.07) is 12.8. The minimum Gasteiger partial charge on any atom is -0.463 e. The number of hydrogen-bond acceptors (Lipinski definition) is 4. The SMILES string of the molecule is CCOc1nc(-c2ccc(Cl)c(Cl)c2)n(-c2cccc(NC(=O)CC)c2)n1. The van der Waals surface area contributed by atoms with Gasteiger partial charge in [0.2, 0.25) is 5.91 Å². The summed E-state index contributed by atoms with van der Waals surface area (Å²) in [5.74, 6) is 0.487. The predicted octanol–water partition coefficient (Wildman–Crippen LogP) is 4.99. The third-order valence-electron chi connectivity index (χ3n) is 3.73. The number of carbonyl (C=O) groups excluding carboxylic acids is 1. The van der Waals surface area contributed by atoms with E-state index in [2.05, 4.69) is 15.4 Å². The van der Waals surface area contributed by atoms with Crippen molar-refractivity contribution in [1.82, 2.24) is 14.8 Å². The number of aromatic nitrogens is 3.